The van der Waals surface area contributed by atoms with E-state index in [-0.39, 0.29) is 11.4 Å². The van der Waals surface area contributed by atoms with Gasteiger partial charge in [-0.15, -0.1) is 10.2 Å². The number of anilines is 2. The molecule has 0 fully saturated rings. The molecule has 8 heteroatoms. The number of carbonyl (C=O) groups excluding carboxylic acids is 1. The van der Waals surface area contributed by atoms with E-state index in [9.17, 15) is 4.79 Å². The Morgan fingerprint density at radius 3 is 2.55 bits per heavy atom. The van der Waals surface area contributed by atoms with Gasteiger partial charge < -0.3 is 15.4 Å². The van der Waals surface area contributed by atoms with E-state index in [1.165, 1.54) is 11.8 Å². The molecule has 0 amide bonds. The first-order valence-corrected chi connectivity index (χ1v) is 5.90. The van der Waals surface area contributed by atoms with Crippen LogP contribution in [-0.2, 0) is 4.74 Å². The maximum absolute atomic E-state index is 11.8. The molecule has 0 saturated heterocycles. The summed E-state index contributed by atoms with van der Waals surface area (Å²) in [6, 6.07) is 3.52. The van der Waals surface area contributed by atoms with Crippen LogP contribution in [0.15, 0.2) is 12.1 Å². The fourth-order valence-corrected chi connectivity index (χ4v) is 1.71. The van der Waals surface area contributed by atoms with E-state index in [1.54, 1.807) is 31.1 Å². The number of rotatable bonds is 3. The molecule has 0 bridgehead atoms. The quantitative estimate of drug-likeness (QED) is 0.810. The maximum atomic E-state index is 11.8. The summed E-state index contributed by atoms with van der Waals surface area (Å²) in [5.41, 5.74) is 6.98. The minimum absolute atomic E-state index is 0.165. The molecule has 0 spiro atoms. The largest absolute Gasteiger partial charge is 0.465 e. The number of carbonyl (C=O) groups is 1. The Balaban J connectivity index is 2.61. The zero-order chi connectivity index (χ0) is 14.9. The predicted molar refractivity (Wildman–Crippen MR) is 74.0 cm³/mol. The maximum Gasteiger partial charge on any atom is 0.345 e. The van der Waals surface area contributed by atoms with Gasteiger partial charge in [0.25, 0.3) is 0 Å². The van der Waals surface area contributed by atoms with Crippen LogP contribution in [0.4, 0.5) is 11.6 Å². The highest BCUT2D eigenvalue weighted by Crippen LogP contribution is 2.26. The second-order valence-corrected chi connectivity index (χ2v) is 4.41. The monoisotopic (exact) mass is 276 g/mol. The Morgan fingerprint density at radius 1 is 1.35 bits per heavy atom. The molecule has 0 aliphatic rings. The summed E-state index contributed by atoms with van der Waals surface area (Å²) >= 11 is 0. The molecule has 2 rings (SSSR count). The van der Waals surface area contributed by atoms with Gasteiger partial charge in [0.1, 0.15) is 11.4 Å². The van der Waals surface area contributed by atoms with Crippen molar-refractivity contribution in [1.29, 1.82) is 0 Å². The van der Waals surface area contributed by atoms with Crippen molar-refractivity contribution in [1.82, 2.24) is 20.0 Å². The summed E-state index contributed by atoms with van der Waals surface area (Å²) in [7, 11) is 4.82. The van der Waals surface area contributed by atoms with Crippen molar-refractivity contribution in [3.63, 3.8) is 0 Å². The number of nitrogens with two attached hydrogens (primary N) is 1. The summed E-state index contributed by atoms with van der Waals surface area (Å²) < 4.78 is 6.11. The first kappa shape index (κ1) is 13.8. The van der Waals surface area contributed by atoms with E-state index in [1.807, 2.05) is 6.92 Å². The van der Waals surface area contributed by atoms with Crippen molar-refractivity contribution in [3.05, 3.63) is 23.4 Å². The number of methoxy groups -OCH3 is 1. The van der Waals surface area contributed by atoms with Gasteiger partial charge in [0.15, 0.2) is 11.6 Å². The number of hydrogen-bond acceptors (Lipinski definition) is 7. The molecule has 2 aromatic heterocycles. The highest BCUT2D eigenvalue weighted by molar-refractivity contribution is 6.00. The molecule has 0 aromatic carbocycles. The summed E-state index contributed by atoms with van der Waals surface area (Å²) in [6.45, 7) is 1.83. The third-order valence-corrected chi connectivity index (χ3v) is 2.72. The number of nitrogens with zero attached hydrogens (tertiary/aromatic N) is 5. The molecule has 0 radical (unpaired) electrons. The molecule has 2 aromatic rings. The highest BCUT2D eigenvalue weighted by atomic mass is 16.5. The van der Waals surface area contributed by atoms with E-state index in [2.05, 4.69) is 15.3 Å². The minimum atomic E-state index is -0.544. The van der Waals surface area contributed by atoms with E-state index in [4.69, 9.17) is 10.5 Å². The molecule has 0 aliphatic carbocycles. The smallest absolute Gasteiger partial charge is 0.345 e. The van der Waals surface area contributed by atoms with Gasteiger partial charge in [0.05, 0.1) is 12.8 Å². The lowest BCUT2D eigenvalue weighted by molar-refractivity contribution is 0.0602. The Bertz CT molecular complexity index is 632. The number of nitrogen functional groups attached to an aromatic ring is 1. The van der Waals surface area contributed by atoms with Crippen LogP contribution in [0, 0.1) is 6.92 Å². The predicted octanol–water partition coefficient (Wildman–Crippen LogP) is 0.406. The van der Waals surface area contributed by atoms with Crippen molar-refractivity contribution in [2.75, 3.05) is 31.8 Å². The third-order valence-electron chi connectivity index (χ3n) is 2.72. The zero-order valence-electron chi connectivity index (χ0n) is 11.8. The van der Waals surface area contributed by atoms with Crippen molar-refractivity contribution >= 4 is 17.6 Å². The molecular formula is C12H16N6O2. The number of ether oxygens (including phenoxy) is 1. The fourth-order valence-electron chi connectivity index (χ4n) is 1.71. The number of esters is 1. The Morgan fingerprint density at radius 2 is 2.05 bits per heavy atom. The molecule has 0 unspecified atom stereocenters. The SMILES string of the molecule is COC(=O)c1c(N(C)C)nn(-c2ccc(C)nn2)c1N. The lowest BCUT2D eigenvalue weighted by Crippen LogP contribution is -2.14. The van der Waals surface area contributed by atoms with Gasteiger partial charge in [-0.3, -0.25) is 0 Å². The summed E-state index contributed by atoms with van der Waals surface area (Å²) in [4.78, 5) is 13.5. The lowest BCUT2D eigenvalue weighted by atomic mass is 10.3. The lowest BCUT2D eigenvalue weighted by Gasteiger charge is -2.09. The molecule has 8 nitrogen and oxygen atoms in total. The normalized spacial score (nSPS) is 10.4. The Hall–Kier alpha value is -2.64. The van der Waals surface area contributed by atoms with Gasteiger partial charge in [0.2, 0.25) is 0 Å². The molecule has 0 atom stereocenters. The second kappa shape index (κ2) is 5.16. The number of aryl methyl sites for hydroxylation is 1. The van der Waals surface area contributed by atoms with Crippen LogP contribution in [-0.4, -0.2) is 47.2 Å². The van der Waals surface area contributed by atoms with E-state index >= 15 is 0 Å². The molecule has 20 heavy (non-hydrogen) atoms. The van der Waals surface area contributed by atoms with Crippen molar-refractivity contribution in [2.45, 2.75) is 6.92 Å². The molecule has 0 aliphatic heterocycles. The Kier molecular flexibility index (Phi) is 3.55. The fraction of sp³-hybridized carbons (Fsp3) is 0.333. The van der Waals surface area contributed by atoms with Gasteiger partial charge in [0, 0.05) is 14.1 Å². The molecule has 2 heterocycles. The van der Waals surface area contributed by atoms with Crippen LogP contribution < -0.4 is 10.6 Å². The zero-order valence-corrected chi connectivity index (χ0v) is 11.8. The first-order chi connectivity index (χ1) is 9.45. The standard InChI is InChI=1S/C12H16N6O2/c1-7-5-6-8(15-14-7)18-10(13)9(12(19)20-4)11(16-18)17(2)3/h5-6H,13H2,1-4H3. The number of hydrogen-bond donors (Lipinski definition) is 1. The first-order valence-electron chi connectivity index (χ1n) is 5.90. The van der Waals surface area contributed by atoms with E-state index < -0.39 is 5.97 Å². The van der Waals surface area contributed by atoms with Crippen molar-refractivity contribution in [3.8, 4) is 5.82 Å². The summed E-state index contributed by atoms with van der Waals surface area (Å²) in [5.74, 6) is 0.472. The minimum Gasteiger partial charge on any atom is -0.465 e. The van der Waals surface area contributed by atoms with Gasteiger partial charge >= 0.3 is 5.97 Å². The summed E-state index contributed by atoms with van der Waals surface area (Å²) in [5, 5.41) is 12.2. The summed E-state index contributed by atoms with van der Waals surface area (Å²) in [6.07, 6.45) is 0. The van der Waals surface area contributed by atoms with Crippen LogP contribution in [0.5, 0.6) is 0 Å². The van der Waals surface area contributed by atoms with Gasteiger partial charge in [-0.2, -0.15) is 9.78 Å². The third kappa shape index (κ3) is 2.27. The van der Waals surface area contributed by atoms with Crippen molar-refractivity contribution in [2.24, 2.45) is 0 Å². The van der Waals surface area contributed by atoms with Crippen LogP contribution in [0.2, 0.25) is 0 Å². The van der Waals surface area contributed by atoms with Gasteiger partial charge in [-0.05, 0) is 19.1 Å². The number of aromatic nitrogens is 4. The van der Waals surface area contributed by atoms with Crippen LogP contribution in [0.3, 0.4) is 0 Å². The average Bonchev–Trinajstić information content (AvgIpc) is 2.77. The molecule has 106 valence electrons. The second-order valence-electron chi connectivity index (χ2n) is 4.41. The van der Waals surface area contributed by atoms with E-state index in [0.29, 0.717) is 11.6 Å². The van der Waals surface area contributed by atoms with Crippen molar-refractivity contribution < 1.29 is 9.53 Å². The van der Waals surface area contributed by atoms with Crippen LogP contribution in [0.25, 0.3) is 5.82 Å². The van der Waals surface area contributed by atoms with Gasteiger partial charge in [-0.1, -0.05) is 0 Å². The topological polar surface area (TPSA) is 99.2 Å². The highest BCUT2D eigenvalue weighted by Gasteiger charge is 2.25. The molecule has 0 saturated carbocycles. The van der Waals surface area contributed by atoms with Gasteiger partial charge in [-0.25, -0.2) is 4.79 Å². The van der Waals surface area contributed by atoms with Crippen LogP contribution in [0.1, 0.15) is 16.1 Å². The van der Waals surface area contributed by atoms with Crippen LogP contribution >= 0.6 is 0 Å². The molecule has 2 N–H and O–H groups in total. The average molecular weight is 276 g/mol. The Labute approximate surface area is 116 Å². The molecular weight excluding hydrogens is 260 g/mol. The van der Waals surface area contributed by atoms with E-state index in [0.717, 1.165) is 5.69 Å².